The van der Waals surface area contributed by atoms with E-state index in [0.717, 1.165) is 22.0 Å². The molecule has 0 radical (unpaired) electrons. The third-order valence-corrected chi connectivity index (χ3v) is 5.27. The van der Waals surface area contributed by atoms with E-state index >= 15 is 0 Å². The molecule has 4 rings (SSSR count). The van der Waals surface area contributed by atoms with Gasteiger partial charge in [0.1, 0.15) is 11.6 Å². The SMILES string of the molecule is COc1ccc(F)c(-c2ccc(C3Cc4cc(Br)ccc4CO3)cc2)c1. The summed E-state index contributed by atoms with van der Waals surface area (Å²) in [6.07, 6.45) is 0.850. The molecule has 0 amide bonds. The summed E-state index contributed by atoms with van der Waals surface area (Å²) in [5.74, 6) is 0.384. The molecule has 4 heteroatoms. The average molecular weight is 413 g/mol. The van der Waals surface area contributed by atoms with Crippen LogP contribution in [-0.4, -0.2) is 7.11 Å². The number of hydrogen-bond acceptors (Lipinski definition) is 2. The van der Waals surface area contributed by atoms with Crippen LogP contribution in [0.4, 0.5) is 4.39 Å². The minimum atomic E-state index is -0.258. The van der Waals surface area contributed by atoms with Crippen molar-refractivity contribution in [1.82, 2.24) is 0 Å². The maximum Gasteiger partial charge on any atom is 0.131 e. The molecule has 26 heavy (non-hydrogen) atoms. The Kier molecular flexibility index (Phi) is 4.79. The molecular weight excluding hydrogens is 395 g/mol. The molecule has 0 N–H and O–H groups in total. The predicted molar refractivity (Wildman–Crippen MR) is 104 cm³/mol. The third kappa shape index (κ3) is 3.39. The van der Waals surface area contributed by atoms with Gasteiger partial charge in [-0.15, -0.1) is 0 Å². The van der Waals surface area contributed by atoms with Gasteiger partial charge in [-0.25, -0.2) is 4.39 Å². The van der Waals surface area contributed by atoms with Crippen molar-refractivity contribution in [2.45, 2.75) is 19.1 Å². The number of methoxy groups -OCH3 is 1. The van der Waals surface area contributed by atoms with Crippen molar-refractivity contribution in [3.63, 3.8) is 0 Å². The van der Waals surface area contributed by atoms with E-state index in [1.807, 2.05) is 30.3 Å². The maximum absolute atomic E-state index is 14.2. The lowest BCUT2D eigenvalue weighted by Gasteiger charge is -2.26. The second-order valence-electron chi connectivity index (χ2n) is 6.38. The van der Waals surface area contributed by atoms with Crippen LogP contribution in [0.15, 0.2) is 65.1 Å². The molecule has 1 aliphatic heterocycles. The number of benzene rings is 3. The molecule has 0 aromatic heterocycles. The highest BCUT2D eigenvalue weighted by atomic mass is 79.9. The van der Waals surface area contributed by atoms with E-state index in [2.05, 4.69) is 28.1 Å². The van der Waals surface area contributed by atoms with Crippen LogP contribution in [0.2, 0.25) is 0 Å². The van der Waals surface area contributed by atoms with E-state index in [9.17, 15) is 4.39 Å². The highest BCUT2D eigenvalue weighted by molar-refractivity contribution is 9.10. The van der Waals surface area contributed by atoms with Gasteiger partial charge < -0.3 is 9.47 Å². The minimum absolute atomic E-state index is 0.0148. The maximum atomic E-state index is 14.2. The summed E-state index contributed by atoms with van der Waals surface area (Å²) in [7, 11) is 1.58. The van der Waals surface area contributed by atoms with Gasteiger partial charge in [-0.3, -0.25) is 0 Å². The summed E-state index contributed by atoms with van der Waals surface area (Å²) >= 11 is 3.53. The topological polar surface area (TPSA) is 18.5 Å². The number of hydrogen-bond donors (Lipinski definition) is 0. The molecular formula is C22H18BrFO2. The van der Waals surface area contributed by atoms with Gasteiger partial charge in [0.2, 0.25) is 0 Å². The molecule has 1 aliphatic rings. The lowest BCUT2D eigenvalue weighted by molar-refractivity contribution is 0.0274. The molecule has 0 fully saturated rings. The Morgan fingerprint density at radius 3 is 2.58 bits per heavy atom. The average Bonchev–Trinajstić information content (AvgIpc) is 2.68. The minimum Gasteiger partial charge on any atom is -0.497 e. The summed E-state index contributed by atoms with van der Waals surface area (Å²) in [5.41, 5.74) is 5.00. The number of rotatable bonds is 3. The number of ether oxygens (including phenoxy) is 2. The Labute approximate surface area is 160 Å². The highest BCUT2D eigenvalue weighted by Crippen LogP contribution is 2.34. The molecule has 0 saturated carbocycles. The standard InChI is InChI=1S/C22H18BrFO2/c1-25-19-8-9-21(24)20(12-19)14-2-4-15(5-3-14)22-11-17-10-18(23)7-6-16(17)13-26-22/h2-10,12,22H,11,13H2,1H3. The van der Waals surface area contributed by atoms with Gasteiger partial charge in [-0.1, -0.05) is 46.3 Å². The monoisotopic (exact) mass is 412 g/mol. The van der Waals surface area contributed by atoms with E-state index in [1.54, 1.807) is 19.2 Å². The van der Waals surface area contributed by atoms with Crippen LogP contribution in [0.3, 0.4) is 0 Å². The largest absolute Gasteiger partial charge is 0.497 e. The second kappa shape index (κ2) is 7.22. The van der Waals surface area contributed by atoms with Crippen LogP contribution < -0.4 is 4.74 Å². The predicted octanol–water partition coefficient (Wildman–Crippen LogP) is 6.08. The van der Waals surface area contributed by atoms with E-state index < -0.39 is 0 Å². The first-order chi connectivity index (χ1) is 12.6. The fourth-order valence-corrected chi connectivity index (χ4v) is 3.73. The first-order valence-electron chi connectivity index (χ1n) is 8.47. The Hall–Kier alpha value is -2.17. The van der Waals surface area contributed by atoms with Crippen LogP contribution in [0.5, 0.6) is 5.75 Å². The van der Waals surface area contributed by atoms with Crippen LogP contribution in [-0.2, 0) is 17.8 Å². The normalized spacial score (nSPS) is 16.2. The van der Waals surface area contributed by atoms with Crippen molar-refractivity contribution in [3.8, 4) is 16.9 Å². The van der Waals surface area contributed by atoms with Gasteiger partial charge in [0.25, 0.3) is 0 Å². The van der Waals surface area contributed by atoms with E-state index in [0.29, 0.717) is 17.9 Å². The molecule has 0 spiro atoms. The summed E-state index contributed by atoms with van der Waals surface area (Å²) in [6.45, 7) is 0.611. The van der Waals surface area contributed by atoms with Gasteiger partial charge >= 0.3 is 0 Å². The molecule has 2 nitrogen and oxygen atoms in total. The zero-order chi connectivity index (χ0) is 18.1. The van der Waals surface area contributed by atoms with Crippen LogP contribution in [0, 0.1) is 5.82 Å². The lowest BCUT2D eigenvalue weighted by atomic mass is 9.94. The highest BCUT2D eigenvalue weighted by Gasteiger charge is 2.21. The Bertz CT molecular complexity index is 937. The van der Waals surface area contributed by atoms with Crippen LogP contribution in [0.25, 0.3) is 11.1 Å². The number of fused-ring (bicyclic) bond motifs is 1. The van der Waals surface area contributed by atoms with Crippen LogP contribution in [0.1, 0.15) is 22.8 Å². The van der Waals surface area contributed by atoms with Crippen molar-refractivity contribution >= 4 is 15.9 Å². The van der Waals surface area contributed by atoms with Gasteiger partial charge in [-0.05, 0) is 52.6 Å². The third-order valence-electron chi connectivity index (χ3n) is 4.78. The lowest BCUT2D eigenvalue weighted by Crippen LogP contribution is -2.15. The van der Waals surface area contributed by atoms with Crippen molar-refractivity contribution in [1.29, 1.82) is 0 Å². The quantitative estimate of drug-likeness (QED) is 0.518. The zero-order valence-corrected chi connectivity index (χ0v) is 15.9. The molecule has 1 heterocycles. The van der Waals surface area contributed by atoms with E-state index in [4.69, 9.17) is 9.47 Å². The first-order valence-corrected chi connectivity index (χ1v) is 9.26. The first kappa shape index (κ1) is 17.3. The second-order valence-corrected chi connectivity index (χ2v) is 7.30. The summed E-state index contributed by atoms with van der Waals surface area (Å²) < 4.78 is 26.5. The summed E-state index contributed by atoms with van der Waals surface area (Å²) in [6, 6.07) is 19.0. The summed E-state index contributed by atoms with van der Waals surface area (Å²) in [5, 5.41) is 0. The molecule has 0 saturated heterocycles. The van der Waals surface area contributed by atoms with Crippen molar-refractivity contribution in [2.75, 3.05) is 7.11 Å². The molecule has 3 aromatic carbocycles. The van der Waals surface area contributed by atoms with Gasteiger partial charge in [0, 0.05) is 16.5 Å². The van der Waals surface area contributed by atoms with E-state index in [-0.39, 0.29) is 11.9 Å². The van der Waals surface area contributed by atoms with Crippen molar-refractivity contribution in [3.05, 3.63) is 87.6 Å². The van der Waals surface area contributed by atoms with Crippen LogP contribution >= 0.6 is 15.9 Å². The molecule has 1 atom stereocenters. The Morgan fingerprint density at radius 2 is 1.81 bits per heavy atom. The molecule has 1 unspecified atom stereocenters. The molecule has 0 bridgehead atoms. The zero-order valence-electron chi connectivity index (χ0n) is 14.3. The molecule has 3 aromatic rings. The molecule has 0 aliphatic carbocycles. The smallest absolute Gasteiger partial charge is 0.131 e. The Balaban J connectivity index is 1.59. The Morgan fingerprint density at radius 1 is 1.00 bits per heavy atom. The fraction of sp³-hybridized carbons (Fsp3) is 0.182. The molecule has 132 valence electrons. The summed E-state index contributed by atoms with van der Waals surface area (Å²) in [4.78, 5) is 0. The van der Waals surface area contributed by atoms with Gasteiger partial charge in [-0.2, -0.15) is 0 Å². The van der Waals surface area contributed by atoms with Gasteiger partial charge in [0.05, 0.1) is 19.8 Å². The van der Waals surface area contributed by atoms with Crippen molar-refractivity contribution in [2.24, 2.45) is 0 Å². The fourth-order valence-electron chi connectivity index (χ4n) is 3.32. The van der Waals surface area contributed by atoms with Crippen molar-refractivity contribution < 1.29 is 13.9 Å². The number of halogens is 2. The van der Waals surface area contributed by atoms with E-state index in [1.165, 1.54) is 17.2 Å². The van der Waals surface area contributed by atoms with Gasteiger partial charge in [0.15, 0.2) is 0 Å².